The molecule has 5 nitrogen and oxygen atoms in total. The molecule has 1 aromatic carbocycles. The number of nitrogens with two attached hydrogens (primary N) is 1. The molecular formula is C14H20ClN3O2. The zero-order valence-electron chi connectivity index (χ0n) is 11.5. The van der Waals surface area contributed by atoms with Gasteiger partial charge in [-0.2, -0.15) is 0 Å². The van der Waals surface area contributed by atoms with Gasteiger partial charge in [0.1, 0.15) is 0 Å². The number of anilines is 1. The van der Waals surface area contributed by atoms with Crippen molar-refractivity contribution in [2.45, 2.75) is 25.8 Å². The second-order valence-corrected chi connectivity index (χ2v) is 4.85. The molecular weight excluding hydrogens is 278 g/mol. The lowest BCUT2D eigenvalue weighted by atomic mass is 10.2. The van der Waals surface area contributed by atoms with Crippen molar-refractivity contribution in [3.63, 3.8) is 0 Å². The van der Waals surface area contributed by atoms with Gasteiger partial charge in [0.2, 0.25) is 5.91 Å². The molecule has 0 bridgehead atoms. The number of halogens is 1. The van der Waals surface area contributed by atoms with Gasteiger partial charge in [-0.3, -0.25) is 9.59 Å². The largest absolute Gasteiger partial charge is 0.339 e. The number of carbonyl (C=O) groups excluding carboxylic acids is 2. The van der Waals surface area contributed by atoms with Crippen LogP contribution in [0.5, 0.6) is 0 Å². The summed E-state index contributed by atoms with van der Waals surface area (Å²) in [6.45, 7) is 3.30. The van der Waals surface area contributed by atoms with Crippen molar-refractivity contribution in [2.24, 2.45) is 5.73 Å². The molecule has 1 atom stereocenters. The fraction of sp³-hybridized carbons (Fsp3) is 0.429. The van der Waals surface area contributed by atoms with Gasteiger partial charge >= 0.3 is 0 Å². The van der Waals surface area contributed by atoms with Crippen molar-refractivity contribution in [3.05, 3.63) is 29.8 Å². The van der Waals surface area contributed by atoms with Crippen LogP contribution in [0.1, 0.15) is 30.1 Å². The number of benzene rings is 1. The molecule has 6 heteroatoms. The third kappa shape index (κ3) is 3.95. The molecule has 1 aliphatic rings. The first-order chi connectivity index (χ1) is 9.08. The Morgan fingerprint density at radius 2 is 1.75 bits per heavy atom. The Morgan fingerprint density at radius 1 is 1.20 bits per heavy atom. The Balaban J connectivity index is 0.00000200. The maximum Gasteiger partial charge on any atom is 0.253 e. The summed E-state index contributed by atoms with van der Waals surface area (Å²) in [5, 5.41) is 2.69. The van der Waals surface area contributed by atoms with Crippen LogP contribution in [0, 0.1) is 0 Å². The standard InChI is InChI=1S/C14H19N3O2.ClH/c1-10(15)13(18)16-12-6-4-11(5-7-12)14(19)17-8-2-3-9-17;/h4-7,10H,2-3,8-9,15H2,1H3,(H,16,18);1H/t10-;/m0./s1. The normalized spacial score (nSPS) is 15.4. The van der Waals surface area contributed by atoms with Crippen LogP contribution in [0.2, 0.25) is 0 Å². The number of nitrogens with zero attached hydrogens (tertiary/aromatic N) is 1. The topological polar surface area (TPSA) is 75.4 Å². The van der Waals surface area contributed by atoms with E-state index in [1.54, 1.807) is 31.2 Å². The van der Waals surface area contributed by atoms with Gasteiger partial charge in [-0.15, -0.1) is 12.4 Å². The highest BCUT2D eigenvalue weighted by atomic mass is 35.5. The molecule has 20 heavy (non-hydrogen) atoms. The number of hydrogen-bond donors (Lipinski definition) is 2. The van der Waals surface area contributed by atoms with Crippen molar-refractivity contribution in [3.8, 4) is 0 Å². The zero-order chi connectivity index (χ0) is 13.8. The van der Waals surface area contributed by atoms with Gasteiger partial charge in [0, 0.05) is 24.3 Å². The van der Waals surface area contributed by atoms with Gasteiger partial charge in [-0.05, 0) is 44.0 Å². The van der Waals surface area contributed by atoms with Gasteiger partial charge in [-0.25, -0.2) is 0 Å². The maximum atomic E-state index is 12.1. The Bertz CT molecular complexity index is 468. The summed E-state index contributed by atoms with van der Waals surface area (Å²) in [5.74, 6) is -0.179. The second-order valence-electron chi connectivity index (χ2n) is 4.85. The predicted molar refractivity (Wildman–Crippen MR) is 81.1 cm³/mol. The number of likely N-dealkylation sites (tertiary alicyclic amines) is 1. The molecule has 1 aromatic rings. The highest BCUT2D eigenvalue weighted by Gasteiger charge is 2.19. The fourth-order valence-electron chi connectivity index (χ4n) is 2.06. The highest BCUT2D eigenvalue weighted by molar-refractivity contribution is 5.97. The lowest BCUT2D eigenvalue weighted by Gasteiger charge is -2.15. The average molecular weight is 298 g/mol. The van der Waals surface area contributed by atoms with Crippen LogP contribution in [0.15, 0.2) is 24.3 Å². The third-order valence-electron chi connectivity index (χ3n) is 3.21. The Hall–Kier alpha value is -1.59. The summed E-state index contributed by atoms with van der Waals surface area (Å²) in [5.41, 5.74) is 6.78. The molecule has 1 saturated heterocycles. The van der Waals surface area contributed by atoms with E-state index in [9.17, 15) is 9.59 Å². The lowest BCUT2D eigenvalue weighted by Crippen LogP contribution is -2.32. The fourth-order valence-corrected chi connectivity index (χ4v) is 2.06. The first-order valence-corrected chi connectivity index (χ1v) is 6.54. The summed E-state index contributed by atoms with van der Waals surface area (Å²) in [4.78, 5) is 25.4. The van der Waals surface area contributed by atoms with Gasteiger partial charge < -0.3 is 16.0 Å². The van der Waals surface area contributed by atoms with E-state index in [2.05, 4.69) is 5.32 Å². The van der Waals surface area contributed by atoms with E-state index in [0.29, 0.717) is 11.3 Å². The summed E-state index contributed by atoms with van der Waals surface area (Å²) in [7, 11) is 0. The number of hydrogen-bond acceptors (Lipinski definition) is 3. The summed E-state index contributed by atoms with van der Waals surface area (Å²) >= 11 is 0. The van der Waals surface area contributed by atoms with E-state index in [1.165, 1.54) is 0 Å². The molecule has 3 N–H and O–H groups in total. The summed E-state index contributed by atoms with van der Waals surface area (Å²) in [6, 6.07) is 6.37. The van der Waals surface area contributed by atoms with Crippen LogP contribution < -0.4 is 11.1 Å². The highest BCUT2D eigenvalue weighted by Crippen LogP contribution is 2.15. The van der Waals surface area contributed by atoms with Crippen LogP contribution in [0.25, 0.3) is 0 Å². The van der Waals surface area contributed by atoms with Crippen LogP contribution >= 0.6 is 12.4 Å². The third-order valence-corrected chi connectivity index (χ3v) is 3.21. The van der Waals surface area contributed by atoms with E-state index < -0.39 is 6.04 Å². The first-order valence-electron chi connectivity index (χ1n) is 6.54. The van der Waals surface area contributed by atoms with E-state index in [-0.39, 0.29) is 24.2 Å². The summed E-state index contributed by atoms with van der Waals surface area (Å²) < 4.78 is 0. The van der Waals surface area contributed by atoms with Crippen LogP contribution in [0.4, 0.5) is 5.69 Å². The number of nitrogens with one attached hydrogen (secondary N) is 1. The van der Waals surface area contributed by atoms with Crippen molar-refractivity contribution >= 4 is 29.9 Å². The minimum atomic E-state index is -0.550. The van der Waals surface area contributed by atoms with Gasteiger partial charge in [0.05, 0.1) is 6.04 Å². The minimum absolute atomic E-state index is 0. The Kier molecular flexibility index (Phi) is 5.98. The van der Waals surface area contributed by atoms with Crippen molar-refractivity contribution in [1.82, 2.24) is 4.90 Å². The van der Waals surface area contributed by atoms with E-state index >= 15 is 0 Å². The van der Waals surface area contributed by atoms with E-state index in [0.717, 1.165) is 25.9 Å². The molecule has 2 rings (SSSR count). The molecule has 0 aliphatic carbocycles. The number of carbonyl (C=O) groups is 2. The molecule has 0 radical (unpaired) electrons. The van der Waals surface area contributed by atoms with Crippen molar-refractivity contribution in [1.29, 1.82) is 0 Å². The molecule has 110 valence electrons. The molecule has 0 unspecified atom stereocenters. The first kappa shape index (κ1) is 16.5. The molecule has 1 fully saturated rings. The Labute approximate surface area is 124 Å². The van der Waals surface area contributed by atoms with Crippen LogP contribution in [0.3, 0.4) is 0 Å². The monoisotopic (exact) mass is 297 g/mol. The Morgan fingerprint density at radius 3 is 2.25 bits per heavy atom. The molecule has 0 aromatic heterocycles. The van der Waals surface area contributed by atoms with E-state index in [4.69, 9.17) is 5.73 Å². The minimum Gasteiger partial charge on any atom is -0.339 e. The van der Waals surface area contributed by atoms with Gasteiger partial charge in [-0.1, -0.05) is 0 Å². The average Bonchev–Trinajstić information content (AvgIpc) is 2.92. The zero-order valence-corrected chi connectivity index (χ0v) is 12.3. The van der Waals surface area contributed by atoms with Crippen molar-refractivity contribution in [2.75, 3.05) is 18.4 Å². The number of amides is 2. The molecule has 1 aliphatic heterocycles. The van der Waals surface area contributed by atoms with Crippen LogP contribution in [-0.4, -0.2) is 35.8 Å². The molecule has 0 saturated carbocycles. The predicted octanol–water partition coefficient (Wildman–Crippen LogP) is 1.63. The smallest absolute Gasteiger partial charge is 0.253 e. The van der Waals surface area contributed by atoms with Gasteiger partial charge in [0.25, 0.3) is 5.91 Å². The maximum absolute atomic E-state index is 12.1. The van der Waals surface area contributed by atoms with Gasteiger partial charge in [0.15, 0.2) is 0 Å². The molecule has 0 spiro atoms. The SMILES string of the molecule is C[C@H](N)C(=O)Nc1ccc(C(=O)N2CCCC2)cc1.Cl. The van der Waals surface area contributed by atoms with Crippen LogP contribution in [-0.2, 0) is 4.79 Å². The van der Waals surface area contributed by atoms with Crippen molar-refractivity contribution < 1.29 is 9.59 Å². The molecule has 2 amide bonds. The second kappa shape index (κ2) is 7.26. The lowest BCUT2D eigenvalue weighted by molar-refractivity contribution is -0.117. The summed E-state index contributed by atoms with van der Waals surface area (Å²) in [6.07, 6.45) is 2.16. The number of rotatable bonds is 3. The van der Waals surface area contributed by atoms with E-state index in [1.807, 2.05) is 4.90 Å². The molecule has 1 heterocycles. The quantitative estimate of drug-likeness (QED) is 0.890.